The van der Waals surface area contributed by atoms with Crippen molar-refractivity contribution < 1.29 is 27.6 Å². The number of alkyl halides is 3. The van der Waals surface area contributed by atoms with Gasteiger partial charge < -0.3 is 15.4 Å². The van der Waals surface area contributed by atoms with Crippen LogP contribution >= 0.6 is 0 Å². The minimum absolute atomic E-state index is 0.0489. The lowest BCUT2D eigenvalue weighted by Gasteiger charge is -2.24. The number of carbonyl (C=O) groups excluding carboxylic acids is 1. The summed E-state index contributed by atoms with van der Waals surface area (Å²) in [5, 5.41) is 16.5. The van der Waals surface area contributed by atoms with Crippen LogP contribution in [0.3, 0.4) is 0 Å². The Kier molecular flexibility index (Phi) is 5.90. The van der Waals surface area contributed by atoms with Crippen molar-refractivity contribution in [1.29, 1.82) is 0 Å². The van der Waals surface area contributed by atoms with Crippen LogP contribution in [0.15, 0.2) is 42.5 Å². The molecule has 0 aromatic heterocycles. The van der Waals surface area contributed by atoms with Gasteiger partial charge in [0.05, 0.1) is 16.4 Å². The summed E-state index contributed by atoms with van der Waals surface area (Å²) < 4.78 is 43.8. The second-order valence-corrected chi connectivity index (χ2v) is 6.52. The van der Waals surface area contributed by atoms with Crippen molar-refractivity contribution in [2.45, 2.75) is 12.6 Å². The Hall–Kier alpha value is -3.30. The quantitative estimate of drug-likeness (QED) is 0.433. The molecule has 2 N–H and O–H groups in total. The number of nitrogens with zero attached hydrogens (tertiary/aromatic N) is 1. The molecule has 1 unspecified atom stereocenters. The molecular weight excluding hydrogens is 391 g/mol. The first-order valence-electron chi connectivity index (χ1n) is 8.83. The van der Waals surface area contributed by atoms with Gasteiger partial charge in [-0.05, 0) is 30.2 Å². The summed E-state index contributed by atoms with van der Waals surface area (Å²) in [5.41, 5.74) is -0.881. The first-order valence-corrected chi connectivity index (χ1v) is 8.83. The van der Waals surface area contributed by atoms with E-state index in [2.05, 4.69) is 10.6 Å². The van der Waals surface area contributed by atoms with Gasteiger partial charge in [0.25, 0.3) is 5.69 Å². The molecule has 2 aromatic carbocycles. The average Bonchev–Trinajstić information content (AvgIpc) is 2.69. The molecule has 29 heavy (non-hydrogen) atoms. The number of halogens is 3. The van der Waals surface area contributed by atoms with Crippen molar-refractivity contribution in [2.24, 2.45) is 5.92 Å². The number of hydrogen-bond acceptors (Lipinski definition) is 5. The zero-order valence-corrected chi connectivity index (χ0v) is 15.2. The van der Waals surface area contributed by atoms with Crippen molar-refractivity contribution in [3.63, 3.8) is 0 Å². The van der Waals surface area contributed by atoms with Crippen LogP contribution in [-0.2, 0) is 17.4 Å². The van der Waals surface area contributed by atoms with Crippen LogP contribution in [0.25, 0.3) is 0 Å². The monoisotopic (exact) mass is 409 g/mol. The number of fused-ring (bicyclic) bond motifs is 1. The number of ether oxygens (including phenoxy) is 1. The van der Waals surface area contributed by atoms with Gasteiger partial charge in [-0.1, -0.05) is 18.2 Å². The van der Waals surface area contributed by atoms with Gasteiger partial charge in [0.1, 0.15) is 18.0 Å². The second-order valence-electron chi connectivity index (χ2n) is 6.52. The van der Waals surface area contributed by atoms with Crippen LogP contribution in [-0.4, -0.2) is 30.5 Å². The van der Waals surface area contributed by atoms with E-state index in [4.69, 9.17) is 4.74 Å². The molecule has 0 aliphatic carbocycles. The molecule has 1 aliphatic heterocycles. The lowest BCUT2D eigenvalue weighted by atomic mass is 9.96. The Balaban J connectivity index is 1.53. The van der Waals surface area contributed by atoms with Crippen LogP contribution in [0.1, 0.15) is 11.1 Å². The van der Waals surface area contributed by atoms with Gasteiger partial charge in [-0.3, -0.25) is 14.9 Å². The number of benzene rings is 2. The first kappa shape index (κ1) is 20.4. The van der Waals surface area contributed by atoms with E-state index in [-0.39, 0.29) is 37.2 Å². The predicted molar refractivity (Wildman–Crippen MR) is 98.7 cm³/mol. The fourth-order valence-corrected chi connectivity index (χ4v) is 3.03. The molecule has 10 heteroatoms. The number of nitro benzene ring substituents is 1. The largest absolute Gasteiger partial charge is 0.492 e. The third-order valence-corrected chi connectivity index (χ3v) is 4.51. The van der Waals surface area contributed by atoms with Gasteiger partial charge >= 0.3 is 6.18 Å². The number of rotatable bonds is 6. The number of anilines is 1. The van der Waals surface area contributed by atoms with Gasteiger partial charge in [-0.25, -0.2) is 0 Å². The number of hydrogen-bond donors (Lipinski definition) is 2. The fraction of sp³-hybridized carbons (Fsp3) is 0.316. The standard InChI is InChI=1S/C19H18F3N3O4/c20-19(21,22)14-5-6-15(16(10-14)25(27)28)23-7-8-24-18(26)13-9-12-3-1-2-4-17(12)29-11-13/h1-6,10,13,23H,7-9,11H2,(H,24,26). The third-order valence-electron chi connectivity index (χ3n) is 4.51. The van der Waals surface area contributed by atoms with E-state index in [1.807, 2.05) is 24.3 Å². The summed E-state index contributed by atoms with van der Waals surface area (Å²) >= 11 is 0. The van der Waals surface area contributed by atoms with Crippen LogP contribution in [0.5, 0.6) is 5.75 Å². The van der Waals surface area contributed by atoms with E-state index in [1.54, 1.807) is 0 Å². The molecule has 0 spiro atoms. The van der Waals surface area contributed by atoms with Crippen LogP contribution < -0.4 is 15.4 Å². The SMILES string of the molecule is O=C(NCCNc1ccc(C(F)(F)F)cc1[N+](=O)[O-])C1COc2ccccc2C1. The van der Waals surface area contributed by atoms with Crippen LogP contribution in [0, 0.1) is 16.0 Å². The highest BCUT2D eigenvalue weighted by Gasteiger charge is 2.33. The van der Waals surface area contributed by atoms with Gasteiger partial charge in [0.2, 0.25) is 5.91 Å². The summed E-state index contributed by atoms with van der Waals surface area (Å²) in [7, 11) is 0. The number of amides is 1. The van der Waals surface area contributed by atoms with Crippen molar-refractivity contribution >= 4 is 17.3 Å². The molecule has 0 bridgehead atoms. The highest BCUT2D eigenvalue weighted by molar-refractivity contribution is 5.79. The van der Waals surface area contributed by atoms with Gasteiger partial charge in [-0.2, -0.15) is 13.2 Å². The highest BCUT2D eigenvalue weighted by atomic mass is 19.4. The Bertz CT molecular complexity index is 918. The van der Waals surface area contributed by atoms with Gasteiger partial charge in [-0.15, -0.1) is 0 Å². The van der Waals surface area contributed by atoms with E-state index < -0.39 is 22.4 Å². The maximum absolute atomic E-state index is 12.7. The maximum atomic E-state index is 12.7. The Morgan fingerprint density at radius 3 is 2.69 bits per heavy atom. The molecule has 0 radical (unpaired) electrons. The Labute approximate surface area is 164 Å². The molecule has 3 rings (SSSR count). The highest BCUT2D eigenvalue weighted by Crippen LogP contribution is 2.34. The topological polar surface area (TPSA) is 93.5 Å². The zero-order chi connectivity index (χ0) is 21.0. The molecule has 1 amide bonds. The number of nitrogens with one attached hydrogen (secondary N) is 2. The molecule has 0 fully saturated rings. The molecular formula is C19H18F3N3O4. The number of nitro groups is 1. The minimum Gasteiger partial charge on any atom is -0.492 e. The smallest absolute Gasteiger partial charge is 0.416 e. The van der Waals surface area contributed by atoms with Crippen molar-refractivity contribution in [2.75, 3.05) is 25.0 Å². The average molecular weight is 409 g/mol. The van der Waals surface area contributed by atoms with Gasteiger partial charge in [0.15, 0.2) is 0 Å². The van der Waals surface area contributed by atoms with Crippen LogP contribution in [0.2, 0.25) is 0 Å². The molecule has 2 aromatic rings. The lowest BCUT2D eigenvalue weighted by Crippen LogP contribution is -2.39. The van der Waals surface area contributed by atoms with Crippen molar-refractivity contribution in [3.05, 3.63) is 63.7 Å². The number of carbonyl (C=O) groups is 1. The summed E-state index contributed by atoms with van der Waals surface area (Å²) in [4.78, 5) is 22.5. The molecule has 7 nitrogen and oxygen atoms in total. The normalized spacial score (nSPS) is 15.8. The van der Waals surface area contributed by atoms with E-state index in [1.165, 1.54) is 0 Å². The summed E-state index contributed by atoms with van der Waals surface area (Å²) in [5.74, 6) is 0.182. The third kappa shape index (κ3) is 4.95. The number of para-hydroxylation sites is 1. The molecule has 1 atom stereocenters. The molecule has 154 valence electrons. The Morgan fingerprint density at radius 2 is 1.97 bits per heavy atom. The maximum Gasteiger partial charge on any atom is 0.416 e. The van der Waals surface area contributed by atoms with Crippen molar-refractivity contribution in [1.82, 2.24) is 5.32 Å². The molecule has 1 aliphatic rings. The summed E-state index contributed by atoms with van der Waals surface area (Å²) in [6, 6.07) is 9.70. The van der Waals surface area contributed by atoms with Crippen LogP contribution in [0.4, 0.5) is 24.5 Å². The molecule has 1 heterocycles. The fourth-order valence-electron chi connectivity index (χ4n) is 3.03. The zero-order valence-electron chi connectivity index (χ0n) is 15.2. The van der Waals surface area contributed by atoms with E-state index in [9.17, 15) is 28.1 Å². The molecule has 0 saturated heterocycles. The van der Waals surface area contributed by atoms with E-state index in [0.29, 0.717) is 12.5 Å². The van der Waals surface area contributed by atoms with E-state index >= 15 is 0 Å². The second kappa shape index (κ2) is 8.38. The summed E-state index contributed by atoms with van der Waals surface area (Å²) in [6.07, 6.45) is -4.13. The van der Waals surface area contributed by atoms with Crippen molar-refractivity contribution in [3.8, 4) is 5.75 Å². The minimum atomic E-state index is -4.67. The lowest BCUT2D eigenvalue weighted by molar-refractivity contribution is -0.384. The predicted octanol–water partition coefficient (Wildman–Crippen LogP) is 3.39. The first-order chi connectivity index (χ1) is 13.8. The van der Waals surface area contributed by atoms with Gasteiger partial charge in [0, 0.05) is 19.2 Å². The van der Waals surface area contributed by atoms with E-state index in [0.717, 1.165) is 23.4 Å². The molecule has 0 saturated carbocycles. The Morgan fingerprint density at radius 1 is 1.21 bits per heavy atom. The summed E-state index contributed by atoms with van der Waals surface area (Å²) in [6.45, 7) is 0.512.